The minimum absolute atomic E-state index is 0.196. The lowest BCUT2D eigenvalue weighted by Crippen LogP contribution is -2.37. The second-order valence-corrected chi connectivity index (χ2v) is 6.51. The first-order valence-corrected chi connectivity index (χ1v) is 8.63. The highest BCUT2D eigenvalue weighted by Gasteiger charge is 2.22. The molecule has 0 aromatic heterocycles. The summed E-state index contributed by atoms with van der Waals surface area (Å²) in [7, 11) is 0. The minimum Gasteiger partial charge on any atom is -0.329 e. The van der Waals surface area contributed by atoms with Crippen molar-refractivity contribution in [3.63, 3.8) is 0 Å². The van der Waals surface area contributed by atoms with Crippen molar-refractivity contribution in [3.8, 4) is 0 Å². The van der Waals surface area contributed by atoms with Gasteiger partial charge in [-0.2, -0.15) is 0 Å². The van der Waals surface area contributed by atoms with Gasteiger partial charge in [-0.25, -0.2) is 0 Å². The molecule has 1 atom stereocenters. The number of halogens is 2. The fourth-order valence-electron chi connectivity index (χ4n) is 2.60. The Morgan fingerprint density at radius 1 is 1.25 bits per heavy atom. The van der Waals surface area contributed by atoms with Gasteiger partial charge in [0.25, 0.3) is 0 Å². The van der Waals surface area contributed by atoms with Crippen LogP contribution in [0.5, 0.6) is 0 Å². The normalized spacial score (nSPS) is 13.2. The molecule has 2 N–H and O–H groups in total. The first-order chi connectivity index (χ1) is 9.57. The van der Waals surface area contributed by atoms with Crippen molar-refractivity contribution in [1.29, 1.82) is 0 Å². The summed E-state index contributed by atoms with van der Waals surface area (Å²) in [6.45, 7) is 9.37. The maximum Gasteiger partial charge on any atom is 0.0485 e. The predicted molar refractivity (Wildman–Crippen MR) is 92.3 cm³/mol. The van der Waals surface area contributed by atoms with Gasteiger partial charge in [-0.15, -0.1) is 0 Å². The highest BCUT2D eigenvalue weighted by atomic mass is 79.9. The Hall–Kier alpha value is -0.0900. The third-order valence-electron chi connectivity index (χ3n) is 4.04. The van der Waals surface area contributed by atoms with E-state index in [1.807, 2.05) is 12.1 Å². The number of hydrogen-bond acceptors (Lipinski definition) is 2. The summed E-state index contributed by atoms with van der Waals surface area (Å²) in [6.07, 6.45) is 2.41. The Morgan fingerprint density at radius 2 is 1.90 bits per heavy atom. The molecule has 1 rings (SSSR count). The van der Waals surface area contributed by atoms with Crippen LogP contribution >= 0.6 is 27.5 Å². The lowest BCUT2D eigenvalue weighted by Gasteiger charge is -2.33. The Balaban J connectivity index is 2.96. The second kappa shape index (κ2) is 9.04. The van der Waals surface area contributed by atoms with Crippen molar-refractivity contribution in [3.05, 3.63) is 33.3 Å². The highest BCUT2D eigenvalue weighted by Crippen LogP contribution is 2.30. The van der Waals surface area contributed by atoms with E-state index >= 15 is 0 Å². The van der Waals surface area contributed by atoms with Gasteiger partial charge < -0.3 is 5.73 Å². The van der Waals surface area contributed by atoms with Crippen LogP contribution in [-0.2, 0) is 0 Å². The maximum absolute atomic E-state index is 6.40. The molecule has 1 aromatic carbocycles. The molecule has 0 fully saturated rings. The molecule has 1 aromatic rings. The smallest absolute Gasteiger partial charge is 0.0485 e. The molecule has 20 heavy (non-hydrogen) atoms. The number of rotatable bonds is 8. The van der Waals surface area contributed by atoms with Gasteiger partial charge in [-0.1, -0.05) is 67.2 Å². The van der Waals surface area contributed by atoms with Gasteiger partial charge in [-0.05, 0) is 30.2 Å². The van der Waals surface area contributed by atoms with Gasteiger partial charge in [0.05, 0.1) is 0 Å². The lowest BCUT2D eigenvalue weighted by molar-refractivity contribution is 0.174. The first-order valence-electron chi connectivity index (χ1n) is 7.46. The van der Waals surface area contributed by atoms with Crippen molar-refractivity contribution in [2.24, 2.45) is 11.7 Å². The van der Waals surface area contributed by atoms with Gasteiger partial charge in [0.1, 0.15) is 0 Å². The molecule has 114 valence electrons. The van der Waals surface area contributed by atoms with Crippen molar-refractivity contribution < 1.29 is 0 Å². The van der Waals surface area contributed by atoms with Crippen LogP contribution in [0.25, 0.3) is 0 Å². The first kappa shape index (κ1) is 18.0. The molecule has 0 saturated heterocycles. The Kier molecular flexibility index (Phi) is 8.11. The summed E-state index contributed by atoms with van der Waals surface area (Å²) in [4.78, 5) is 2.45. The van der Waals surface area contributed by atoms with Crippen LogP contribution in [0.3, 0.4) is 0 Å². The molecule has 2 nitrogen and oxygen atoms in total. The van der Waals surface area contributed by atoms with E-state index in [9.17, 15) is 0 Å². The van der Waals surface area contributed by atoms with Crippen LogP contribution in [0, 0.1) is 5.92 Å². The second-order valence-electron chi connectivity index (χ2n) is 5.19. The van der Waals surface area contributed by atoms with E-state index in [0.717, 1.165) is 34.1 Å². The van der Waals surface area contributed by atoms with Crippen molar-refractivity contribution in [2.45, 2.75) is 39.7 Å². The highest BCUT2D eigenvalue weighted by molar-refractivity contribution is 9.10. The fourth-order valence-corrected chi connectivity index (χ4v) is 3.40. The lowest BCUT2D eigenvalue weighted by atomic mass is 9.99. The molecule has 0 aliphatic rings. The molecule has 0 heterocycles. The molecule has 0 radical (unpaired) electrons. The Morgan fingerprint density at radius 3 is 2.35 bits per heavy atom. The zero-order chi connectivity index (χ0) is 15.1. The molecule has 0 bridgehead atoms. The van der Waals surface area contributed by atoms with Crippen LogP contribution in [0.1, 0.15) is 45.2 Å². The van der Waals surface area contributed by atoms with Gasteiger partial charge in [-0.3, -0.25) is 4.90 Å². The van der Waals surface area contributed by atoms with Gasteiger partial charge >= 0.3 is 0 Å². The average Bonchev–Trinajstić information content (AvgIpc) is 2.45. The number of nitrogens with two attached hydrogens (primary N) is 1. The molecular weight excluding hydrogens is 336 g/mol. The van der Waals surface area contributed by atoms with Crippen molar-refractivity contribution in [1.82, 2.24) is 4.90 Å². The zero-order valence-electron chi connectivity index (χ0n) is 12.7. The fraction of sp³-hybridized carbons (Fsp3) is 0.625. The summed E-state index contributed by atoms with van der Waals surface area (Å²) < 4.78 is 1.00. The molecule has 0 spiro atoms. The third-order valence-corrected chi connectivity index (χ3v) is 4.86. The van der Waals surface area contributed by atoms with E-state index in [-0.39, 0.29) is 6.04 Å². The van der Waals surface area contributed by atoms with Crippen LogP contribution in [-0.4, -0.2) is 24.5 Å². The summed E-state index contributed by atoms with van der Waals surface area (Å²) in [5.41, 5.74) is 7.16. The summed E-state index contributed by atoms with van der Waals surface area (Å²) in [5, 5.41) is 0.790. The quantitative estimate of drug-likeness (QED) is 0.716. The third kappa shape index (κ3) is 4.73. The maximum atomic E-state index is 6.40. The molecule has 0 amide bonds. The molecule has 1 unspecified atom stereocenters. The van der Waals surface area contributed by atoms with Gasteiger partial charge in [0.15, 0.2) is 0 Å². The van der Waals surface area contributed by atoms with Crippen LogP contribution in [0.2, 0.25) is 5.02 Å². The Labute approximate surface area is 136 Å². The molecule has 0 saturated carbocycles. The summed E-state index contributed by atoms with van der Waals surface area (Å²) in [5.74, 6) is 0.721. The monoisotopic (exact) mass is 360 g/mol. The number of nitrogens with zero attached hydrogens (tertiary/aromatic N) is 1. The van der Waals surface area contributed by atoms with E-state index in [2.05, 4.69) is 47.7 Å². The number of likely N-dealkylation sites (N-methyl/N-ethyl adjacent to an activating group) is 1. The topological polar surface area (TPSA) is 29.3 Å². The van der Waals surface area contributed by atoms with E-state index in [4.69, 9.17) is 17.3 Å². The standard InChI is InChI=1S/C16H26BrClN2/c1-4-12(5-2)11-20(6-3)16(10-19)14-8-7-13(17)9-15(14)18/h7-9,12,16H,4-6,10-11,19H2,1-3H3. The van der Waals surface area contributed by atoms with E-state index in [0.29, 0.717) is 6.54 Å². The minimum atomic E-state index is 0.196. The summed E-state index contributed by atoms with van der Waals surface area (Å²) in [6, 6.07) is 6.26. The zero-order valence-corrected chi connectivity index (χ0v) is 15.0. The van der Waals surface area contributed by atoms with E-state index in [1.54, 1.807) is 0 Å². The molecule has 0 aliphatic heterocycles. The van der Waals surface area contributed by atoms with Crippen LogP contribution in [0.4, 0.5) is 0 Å². The van der Waals surface area contributed by atoms with Crippen molar-refractivity contribution in [2.75, 3.05) is 19.6 Å². The van der Waals surface area contributed by atoms with Gasteiger partial charge in [0, 0.05) is 28.6 Å². The molecule has 0 aliphatic carbocycles. The largest absolute Gasteiger partial charge is 0.329 e. The van der Waals surface area contributed by atoms with Gasteiger partial charge in [0.2, 0.25) is 0 Å². The molecule has 4 heteroatoms. The van der Waals surface area contributed by atoms with E-state index < -0.39 is 0 Å². The van der Waals surface area contributed by atoms with Crippen molar-refractivity contribution >= 4 is 27.5 Å². The number of benzene rings is 1. The number of hydrogen-bond donors (Lipinski definition) is 1. The SMILES string of the molecule is CCC(CC)CN(CC)C(CN)c1ccc(Br)cc1Cl. The average molecular weight is 362 g/mol. The predicted octanol–water partition coefficient (Wildman–Crippen LogP) is 4.86. The van der Waals surface area contributed by atoms with Crippen LogP contribution in [0.15, 0.2) is 22.7 Å². The van der Waals surface area contributed by atoms with Crippen LogP contribution < -0.4 is 5.73 Å². The van der Waals surface area contributed by atoms with E-state index in [1.165, 1.54) is 12.8 Å². The Bertz CT molecular complexity index is 407. The molecular formula is C16H26BrClN2. The summed E-state index contributed by atoms with van der Waals surface area (Å²) >= 11 is 9.85.